The summed E-state index contributed by atoms with van der Waals surface area (Å²) in [5, 5.41) is 10.2. The van der Waals surface area contributed by atoms with Gasteiger partial charge in [-0.3, -0.25) is 4.90 Å². The Kier molecular flexibility index (Phi) is 6.77. The fourth-order valence-electron chi connectivity index (χ4n) is 2.36. The molecule has 0 radical (unpaired) electrons. The van der Waals surface area contributed by atoms with E-state index >= 15 is 0 Å². The number of furan rings is 1. The minimum absolute atomic E-state index is 0.0754. The van der Waals surface area contributed by atoms with Gasteiger partial charge in [-0.05, 0) is 43.7 Å². The molecule has 126 valence electrons. The largest absolute Gasteiger partial charge is 0.468 e. The maximum atomic E-state index is 13.4. The van der Waals surface area contributed by atoms with Crippen molar-refractivity contribution in [3.05, 3.63) is 59.8 Å². The maximum absolute atomic E-state index is 13.4. The molecule has 0 unspecified atom stereocenters. The van der Waals surface area contributed by atoms with Crippen LogP contribution in [0.3, 0.4) is 0 Å². The number of ether oxygens (including phenoxy) is 1. The van der Waals surface area contributed by atoms with Crippen LogP contribution in [0.2, 0.25) is 0 Å². The molecule has 1 heterocycles. The standard InChI is InChI=1S/C18H24FNO3/c1-14(2)23-13-17(21)11-20(12-18-7-4-8-22-18)10-15-5-3-6-16(19)9-15/h3-9,14,17,21H,10-13H2,1-2H3/t17-/m1/s1. The highest BCUT2D eigenvalue weighted by molar-refractivity contribution is 5.16. The normalized spacial score (nSPS) is 13.0. The van der Waals surface area contributed by atoms with Gasteiger partial charge in [-0.1, -0.05) is 12.1 Å². The average molecular weight is 321 g/mol. The van der Waals surface area contributed by atoms with Crippen molar-refractivity contribution in [1.82, 2.24) is 4.90 Å². The first-order chi connectivity index (χ1) is 11.0. The van der Waals surface area contributed by atoms with Gasteiger partial charge in [0.15, 0.2) is 0 Å². The van der Waals surface area contributed by atoms with Gasteiger partial charge in [0.1, 0.15) is 11.6 Å². The SMILES string of the molecule is CC(C)OC[C@H](O)CN(Cc1cccc(F)c1)Cc1ccco1. The molecule has 0 bridgehead atoms. The molecule has 0 aliphatic carbocycles. The number of halogens is 1. The first-order valence-electron chi connectivity index (χ1n) is 7.82. The number of benzene rings is 1. The summed E-state index contributed by atoms with van der Waals surface area (Å²) in [4.78, 5) is 2.02. The third-order valence-corrected chi connectivity index (χ3v) is 3.35. The quantitative estimate of drug-likeness (QED) is 0.770. The molecular weight excluding hydrogens is 297 g/mol. The monoisotopic (exact) mass is 321 g/mol. The van der Waals surface area contributed by atoms with Crippen molar-refractivity contribution >= 4 is 0 Å². The molecule has 0 fully saturated rings. The molecule has 0 aliphatic rings. The van der Waals surface area contributed by atoms with Crippen molar-refractivity contribution in [2.75, 3.05) is 13.2 Å². The van der Waals surface area contributed by atoms with Crippen LogP contribution in [0.25, 0.3) is 0 Å². The second-order valence-corrected chi connectivity index (χ2v) is 5.91. The molecular formula is C18H24FNO3. The molecule has 0 aliphatic heterocycles. The lowest BCUT2D eigenvalue weighted by atomic mass is 10.2. The molecule has 1 aromatic carbocycles. The van der Waals surface area contributed by atoms with E-state index in [0.717, 1.165) is 11.3 Å². The Balaban J connectivity index is 1.99. The van der Waals surface area contributed by atoms with E-state index in [0.29, 0.717) is 19.6 Å². The predicted molar refractivity (Wildman–Crippen MR) is 86.3 cm³/mol. The number of aliphatic hydroxyl groups is 1. The van der Waals surface area contributed by atoms with Crippen LogP contribution in [0, 0.1) is 5.82 Å². The van der Waals surface area contributed by atoms with Crippen molar-refractivity contribution in [2.24, 2.45) is 0 Å². The predicted octanol–water partition coefficient (Wildman–Crippen LogP) is 3.21. The Labute approximate surface area is 136 Å². The van der Waals surface area contributed by atoms with Crippen LogP contribution in [0.15, 0.2) is 47.1 Å². The van der Waals surface area contributed by atoms with Gasteiger partial charge in [-0.15, -0.1) is 0 Å². The summed E-state index contributed by atoms with van der Waals surface area (Å²) < 4.78 is 24.2. The van der Waals surface area contributed by atoms with Crippen molar-refractivity contribution in [2.45, 2.75) is 39.1 Å². The third kappa shape index (κ3) is 6.52. The van der Waals surface area contributed by atoms with Crippen LogP contribution in [-0.4, -0.2) is 35.4 Å². The average Bonchev–Trinajstić information content (AvgIpc) is 2.98. The van der Waals surface area contributed by atoms with Crippen LogP contribution in [-0.2, 0) is 17.8 Å². The fraction of sp³-hybridized carbons (Fsp3) is 0.444. The molecule has 0 spiro atoms. The molecule has 0 saturated carbocycles. The molecule has 4 nitrogen and oxygen atoms in total. The number of hydrogen-bond donors (Lipinski definition) is 1. The lowest BCUT2D eigenvalue weighted by Crippen LogP contribution is -2.34. The van der Waals surface area contributed by atoms with Crippen molar-refractivity contribution in [3.8, 4) is 0 Å². The topological polar surface area (TPSA) is 45.8 Å². The molecule has 2 aromatic rings. The van der Waals surface area contributed by atoms with E-state index in [1.165, 1.54) is 12.1 Å². The zero-order chi connectivity index (χ0) is 16.7. The van der Waals surface area contributed by atoms with E-state index in [4.69, 9.17) is 9.15 Å². The van der Waals surface area contributed by atoms with E-state index in [1.54, 1.807) is 12.3 Å². The lowest BCUT2D eigenvalue weighted by molar-refractivity contribution is -0.0114. The van der Waals surface area contributed by atoms with E-state index in [2.05, 4.69) is 0 Å². The fourth-order valence-corrected chi connectivity index (χ4v) is 2.36. The van der Waals surface area contributed by atoms with Crippen LogP contribution in [0.5, 0.6) is 0 Å². The molecule has 5 heteroatoms. The van der Waals surface area contributed by atoms with Crippen LogP contribution < -0.4 is 0 Å². The second kappa shape index (κ2) is 8.82. The van der Waals surface area contributed by atoms with Gasteiger partial charge in [-0.25, -0.2) is 4.39 Å². The summed E-state index contributed by atoms with van der Waals surface area (Å²) in [6.45, 7) is 5.62. The minimum Gasteiger partial charge on any atom is -0.468 e. The van der Waals surface area contributed by atoms with E-state index in [9.17, 15) is 9.50 Å². The zero-order valence-electron chi connectivity index (χ0n) is 13.6. The minimum atomic E-state index is -0.610. The van der Waals surface area contributed by atoms with E-state index in [1.807, 2.05) is 36.9 Å². The molecule has 1 aromatic heterocycles. The first kappa shape index (κ1) is 17.7. The number of aliphatic hydroxyl groups excluding tert-OH is 1. The zero-order valence-corrected chi connectivity index (χ0v) is 13.6. The van der Waals surface area contributed by atoms with E-state index in [-0.39, 0.29) is 18.5 Å². The van der Waals surface area contributed by atoms with Gasteiger partial charge >= 0.3 is 0 Å². The summed E-state index contributed by atoms with van der Waals surface area (Å²) >= 11 is 0. The smallest absolute Gasteiger partial charge is 0.123 e. The Hall–Kier alpha value is -1.69. The highest BCUT2D eigenvalue weighted by Gasteiger charge is 2.15. The van der Waals surface area contributed by atoms with Gasteiger partial charge in [-0.2, -0.15) is 0 Å². The highest BCUT2D eigenvalue weighted by atomic mass is 19.1. The number of rotatable bonds is 9. The Morgan fingerprint density at radius 3 is 2.70 bits per heavy atom. The number of hydrogen-bond acceptors (Lipinski definition) is 4. The van der Waals surface area contributed by atoms with Gasteiger partial charge in [0.05, 0.1) is 31.6 Å². The first-order valence-corrected chi connectivity index (χ1v) is 7.82. The third-order valence-electron chi connectivity index (χ3n) is 3.35. The van der Waals surface area contributed by atoms with E-state index < -0.39 is 6.10 Å². The van der Waals surface area contributed by atoms with Crippen LogP contribution in [0.1, 0.15) is 25.2 Å². The summed E-state index contributed by atoms with van der Waals surface area (Å²) in [5.74, 6) is 0.544. The van der Waals surface area contributed by atoms with Gasteiger partial charge in [0.2, 0.25) is 0 Å². The van der Waals surface area contributed by atoms with Crippen LogP contribution >= 0.6 is 0 Å². The molecule has 23 heavy (non-hydrogen) atoms. The Bertz CT molecular complexity index is 571. The molecule has 1 N–H and O–H groups in total. The maximum Gasteiger partial charge on any atom is 0.123 e. The van der Waals surface area contributed by atoms with Crippen molar-refractivity contribution < 1.29 is 18.7 Å². The summed E-state index contributed by atoms with van der Waals surface area (Å²) in [5.41, 5.74) is 0.855. The molecule has 0 saturated heterocycles. The van der Waals surface area contributed by atoms with Crippen LogP contribution in [0.4, 0.5) is 4.39 Å². The second-order valence-electron chi connectivity index (χ2n) is 5.91. The molecule has 0 amide bonds. The highest BCUT2D eigenvalue weighted by Crippen LogP contribution is 2.12. The molecule has 1 atom stereocenters. The van der Waals surface area contributed by atoms with Gasteiger partial charge < -0.3 is 14.3 Å². The summed E-state index contributed by atoms with van der Waals surface area (Å²) in [6.07, 6.45) is 1.08. The van der Waals surface area contributed by atoms with Gasteiger partial charge in [0.25, 0.3) is 0 Å². The van der Waals surface area contributed by atoms with Crippen molar-refractivity contribution in [3.63, 3.8) is 0 Å². The molecule has 2 rings (SSSR count). The Morgan fingerprint density at radius 1 is 1.22 bits per heavy atom. The lowest BCUT2D eigenvalue weighted by Gasteiger charge is -2.24. The van der Waals surface area contributed by atoms with Gasteiger partial charge in [0, 0.05) is 13.1 Å². The summed E-state index contributed by atoms with van der Waals surface area (Å²) in [6, 6.07) is 10.2. The number of nitrogens with zero attached hydrogens (tertiary/aromatic N) is 1. The summed E-state index contributed by atoms with van der Waals surface area (Å²) in [7, 11) is 0. The van der Waals surface area contributed by atoms with Crippen molar-refractivity contribution in [1.29, 1.82) is 0 Å². The Morgan fingerprint density at radius 2 is 2.04 bits per heavy atom.